The summed E-state index contributed by atoms with van der Waals surface area (Å²) < 4.78 is 5.50. The third-order valence-corrected chi connectivity index (χ3v) is 4.54. The Morgan fingerprint density at radius 3 is 2.20 bits per heavy atom. The molecule has 20 heavy (non-hydrogen) atoms. The van der Waals surface area contributed by atoms with Crippen molar-refractivity contribution in [3.8, 4) is 0 Å². The van der Waals surface area contributed by atoms with Crippen LogP contribution in [0, 0.1) is 0 Å². The Hall–Kier alpha value is -1.03. The van der Waals surface area contributed by atoms with E-state index in [1.54, 1.807) is 0 Å². The molecule has 2 fully saturated rings. The Kier molecular flexibility index (Phi) is 3.89. The van der Waals surface area contributed by atoms with E-state index in [4.69, 9.17) is 4.74 Å². The topological polar surface area (TPSA) is 49.8 Å². The Morgan fingerprint density at radius 1 is 1.30 bits per heavy atom. The van der Waals surface area contributed by atoms with E-state index in [2.05, 4.69) is 0 Å². The molecule has 2 unspecified atom stereocenters. The molecule has 0 spiro atoms. The molecule has 2 atom stereocenters. The molecule has 4 nitrogen and oxygen atoms in total. The van der Waals surface area contributed by atoms with E-state index in [-0.39, 0.29) is 18.2 Å². The molecule has 1 amide bonds. The summed E-state index contributed by atoms with van der Waals surface area (Å²) in [5.41, 5.74) is -0.207. The molecule has 0 aromatic rings. The van der Waals surface area contributed by atoms with Crippen LogP contribution >= 0.6 is 0 Å². The van der Waals surface area contributed by atoms with Crippen LogP contribution in [-0.2, 0) is 4.74 Å². The van der Waals surface area contributed by atoms with Crippen LogP contribution in [0.2, 0.25) is 0 Å². The standard InChI is InChI=1S/C16H27NO3/c1-6-11(2)16(19)9-12-7-8-13(10-16)17(12)14(18)20-15(3,4)5/h6,12-13,19H,7-10H2,1-5H3. The monoisotopic (exact) mass is 281 g/mol. The lowest BCUT2D eigenvalue weighted by Gasteiger charge is -2.44. The molecule has 0 radical (unpaired) electrons. The van der Waals surface area contributed by atoms with Crippen LogP contribution in [-0.4, -0.2) is 39.4 Å². The summed E-state index contributed by atoms with van der Waals surface area (Å²) in [6, 6.07) is 0.201. The molecular formula is C16H27NO3. The molecule has 2 aliphatic rings. The molecule has 2 saturated heterocycles. The van der Waals surface area contributed by atoms with Crippen molar-refractivity contribution in [3.05, 3.63) is 11.6 Å². The predicted molar refractivity (Wildman–Crippen MR) is 78.5 cm³/mol. The van der Waals surface area contributed by atoms with Gasteiger partial charge in [-0.05, 0) is 53.0 Å². The van der Waals surface area contributed by atoms with Crippen LogP contribution in [0.3, 0.4) is 0 Å². The number of amides is 1. The minimum absolute atomic E-state index is 0.100. The highest BCUT2D eigenvalue weighted by molar-refractivity contribution is 5.70. The van der Waals surface area contributed by atoms with Crippen LogP contribution in [0.4, 0.5) is 4.79 Å². The number of piperidine rings is 1. The fourth-order valence-electron chi connectivity index (χ4n) is 3.43. The maximum absolute atomic E-state index is 12.3. The Morgan fingerprint density at radius 2 is 1.80 bits per heavy atom. The third kappa shape index (κ3) is 2.85. The predicted octanol–water partition coefficient (Wildman–Crippen LogP) is 3.25. The molecule has 0 aromatic heterocycles. The molecule has 0 saturated carbocycles. The van der Waals surface area contributed by atoms with Crippen molar-refractivity contribution in [1.82, 2.24) is 4.90 Å². The summed E-state index contributed by atoms with van der Waals surface area (Å²) in [6.45, 7) is 9.59. The largest absolute Gasteiger partial charge is 0.444 e. The number of allylic oxidation sites excluding steroid dienone is 1. The van der Waals surface area contributed by atoms with Crippen molar-refractivity contribution in [1.29, 1.82) is 0 Å². The number of carbonyl (C=O) groups excluding carboxylic acids is 1. The van der Waals surface area contributed by atoms with Gasteiger partial charge in [-0.15, -0.1) is 0 Å². The number of hydrogen-bond donors (Lipinski definition) is 1. The maximum atomic E-state index is 12.3. The highest BCUT2D eigenvalue weighted by Crippen LogP contribution is 2.44. The van der Waals surface area contributed by atoms with Crippen molar-refractivity contribution in [2.75, 3.05) is 0 Å². The zero-order valence-electron chi connectivity index (χ0n) is 13.3. The highest BCUT2D eigenvalue weighted by Gasteiger charge is 2.50. The molecule has 2 rings (SSSR count). The highest BCUT2D eigenvalue weighted by atomic mass is 16.6. The number of fused-ring (bicyclic) bond motifs is 2. The fraction of sp³-hybridized carbons (Fsp3) is 0.812. The Labute approximate surface area is 121 Å². The molecule has 0 aromatic carbocycles. The van der Waals surface area contributed by atoms with E-state index in [1.807, 2.05) is 45.6 Å². The number of hydrogen-bond acceptors (Lipinski definition) is 3. The van der Waals surface area contributed by atoms with Crippen LogP contribution in [0.25, 0.3) is 0 Å². The average Bonchev–Trinajstić information content (AvgIpc) is 2.59. The van der Waals surface area contributed by atoms with Gasteiger partial charge >= 0.3 is 6.09 Å². The van der Waals surface area contributed by atoms with Crippen molar-refractivity contribution >= 4 is 6.09 Å². The number of carbonyl (C=O) groups is 1. The van der Waals surface area contributed by atoms with E-state index in [0.29, 0.717) is 12.8 Å². The minimum Gasteiger partial charge on any atom is -0.444 e. The first-order valence-corrected chi connectivity index (χ1v) is 7.53. The molecule has 2 bridgehead atoms. The summed E-state index contributed by atoms with van der Waals surface area (Å²) in [4.78, 5) is 14.2. The maximum Gasteiger partial charge on any atom is 0.410 e. The second-order valence-electron chi connectivity index (χ2n) is 7.18. The fourth-order valence-corrected chi connectivity index (χ4v) is 3.43. The first-order valence-electron chi connectivity index (χ1n) is 7.53. The van der Waals surface area contributed by atoms with Crippen molar-refractivity contribution < 1.29 is 14.6 Å². The summed E-state index contributed by atoms with van der Waals surface area (Å²) in [5, 5.41) is 10.8. The van der Waals surface area contributed by atoms with Crippen molar-refractivity contribution in [3.63, 3.8) is 0 Å². The molecule has 4 heteroatoms. The SMILES string of the molecule is CC=C(C)C1(O)CC2CCC(C1)N2C(=O)OC(C)(C)C. The van der Waals surface area contributed by atoms with Crippen molar-refractivity contribution in [2.24, 2.45) is 0 Å². The molecule has 114 valence electrons. The van der Waals surface area contributed by atoms with Crippen LogP contribution in [0.1, 0.15) is 60.3 Å². The van der Waals surface area contributed by atoms with Gasteiger partial charge < -0.3 is 14.7 Å². The van der Waals surface area contributed by atoms with E-state index < -0.39 is 11.2 Å². The quantitative estimate of drug-likeness (QED) is 0.751. The number of rotatable bonds is 1. The zero-order chi connectivity index (χ0) is 15.1. The van der Waals surface area contributed by atoms with Crippen LogP contribution in [0.5, 0.6) is 0 Å². The lowest BCUT2D eigenvalue weighted by molar-refractivity contribution is -0.0398. The second kappa shape index (κ2) is 5.06. The van der Waals surface area contributed by atoms with Gasteiger partial charge in [-0.2, -0.15) is 0 Å². The van der Waals surface area contributed by atoms with Gasteiger partial charge in [0.15, 0.2) is 0 Å². The lowest BCUT2D eigenvalue weighted by atomic mass is 9.81. The van der Waals surface area contributed by atoms with Crippen molar-refractivity contribution in [2.45, 2.75) is 83.6 Å². The summed E-state index contributed by atoms with van der Waals surface area (Å²) in [7, 11) is 0. The third-order valence-electron chi connectivity index (χ3n) is 4.54. The molecular weight excluding hydrogens is 254 g/mol. The Bertz CT molecular complexity index is 408. The number of ether oxygens (including phenoxy) is 1. The number of aliphatic hydroxyl groups is 1. The van der Waals surface area contributed by atoms with Gasteiger partial charge in [-0.1, -0.05) is 6.08 Å². The van der Waals surface area contributed by atoms with E-state index >= 15 is 0 Å². The van der Waals surface area contributed by atoms with Gasteiger partial charge in [-0.3, -0.25) is 0 Å². The lowest BCUT2D eigenvalue weighted by Crippen LogP contribution is -2.54. The smallest absolute Gasteiger partial charge is 0.410 e. The van der Waals surface area contributed by atoms with Gasteiger partial charge in [0, 0.05) is 24.9 Å². The van der Waals surface area contributed by atoms with E-state index in [9.17, 15) is 9.90 Å². The van der Waals surface area contributed by atoms with E-state index in [0.717, 1.165) is 18.4 Å². The summed E-state index contributed by atoms with van der Waals surface area (Å²) >= 11 is 0. The summed E-state index contributed by atoms with van der Waals surface area (Å²) in [5.74, 6) is 0. The van der Waals surface area contributed by atoms with Gasteiger partial charge in [0.2, 0.25) is 0 Å². The molecule has 1 N–H and O–H groups in total. The zero-order valence-corrected chi connectivity index (χ0v) is 13.3. The van der Waals surface area contributed by atoms with Gasteiger partial charge in [0.1, 0.15) is 5.60 Å². The minimum atomic E-state index is -0.751. The number of nitrogens with zero attached hydrogens (tertiary/aromatic N) is 1. The molecule has 2 aliphatic heterocycles. The second-order valence-corrected chi connectivity index (χ2v) is 7.18. The molecule has 2 heterocycles. The van der Waals surface area contributed by atoms with Crippen LogP contribution in [0.15, 0.2) is 11.6 Å². The van der Waals surface area contributed by atoms with Gasteiger partial charge in [0.05, 0.1) is 5.60 Å². The first kappa shape index (κ1) is 15.4. The van der Waals surface area contributed by atoms with Crippen LogP contribution < -0.4 is 0 Å². The van der Waals surface area contributed by atoms with Gasteiger partial charge in [-0.25, -0.2) is 4.79 Å². The first-order chi connectivity index (χ1) is 9.16. The molecule has 0 aliphatic carbocycles. The summed E-state index contributed by atoms with van der Waals surface area (Å²) in [6.07, 6.45) is 4.91. The Balaban J connectivity index is 2.13. The van der Waals surface area contributed by atoms with E-state index in [1.165, 1.54) is 0 Å². The average molecular weight is 281 g/mol. The van der Waals surface area contributed by atoms with Gasteiger partial charge in [0.25, 0.3) is 0 Å². The normalized spacial score (nSPS) is 34.3.